The van der Waals surface area contributed by atoms with Crippen LogP contribution in [0.4, 0.5) is 5.69 Å². The Kier molecular flexibility index (Phi) is 2.44. The van der Waals surface area contributed by atoms with E-state index in [0.29, 0.717) is 11.4 Å². The molecule has 82 valence electrons. The van der Waals surface area contributed by atoms with Crippen LogP contribution < -0.4 is 5.01 Å². The molecule has 1 aromatic carbocycles. The number of carboxylic acid groups (broad SMARTS) is 1. The lowest BCUT2D eigenvalue weighted by molar-refractivity contribution is -0.142. The number of carbonyl (C=O) groups excluding carboxylic acids is 1. The van der Waals surface area contributed by atoms with Gasteiger partial charge < -0.3 is 5.11 Å². The number of nitrogens with zero attached hydrogens (tertiary/aromatic N) is 2. The molecule has 0 bridgehead atoms. The normalized spacial score (nSPS) is 19.8. The number of carboxylic acids is 1. The standard InChI is InChI=1S/C11H10N2O3/c1-7-9(11(15)16)10(14)13(12-7)8-5-3-2-4-6-8/h2-6,9H,1H3,(H,15,16)/t9-/m1/s1. The van der Waals surface area contributed by atoms with E-state index in [9.17, 15) is 9.59 Å². The maximum Gasteiger partial charge on any atom is 0.322 e. The molecule has 1 aromatic rings. The quantitative estimate of drug-likeness (QED) is 0.756. The number of aliphatic carboxylic acids is 1. The van der Waals surface area contributed by atoms with Crippen LogP contribution in [0.5, 0.6) is 0 Å². The number of carbonyl (C=O) groups is 2. The molecule has 0 saturated heterocycles. The van der Waals surface area contributed by atoms with E-state index in [0.717, 1.165) is 5.01 Å². The van der Waals surface area contributed by atoms with Crippen LogP contribution in [0, 0.1) is 5.92 Å². The second-order valence-electron chi connectivity index (χ2n) is 3.50. The molecule has 5 nitrogen and oxygen atoms in total. The molecule has 1 aliphatic heterocycles. The Labute approximate surface area is 92.0 Å². The summed E-state index contributed by atoms with van der Waals surface area (Å²) in [5, 5.41) is 14.0. The highest BCUT2D eigenvalue weighted by Crippen LogP contribution is 2.23. The van der Waals surface area contributed by atoms with Crippen LogP contribution in [0.15, 0.2) is 35.4 Å². The lowest BCUT2D eigenvalue weighted by Crippen LogP contribution is -2.32. The van der Waals surface area contributed by atoms with Crippen molar-refractivity contribution in [2.45, 2.75) is 6.92 Å². The molecular weight excluding hydrogens is 208 g/mol. The van der Waals surface area contributed by atoms with E-state index >= 15 is 0 Å². The molecule has 2 rings (SSSR count). The van der Waals surface area contributed by atoms with Gasteiger partial charge in [-0.2, -0.15) is 10.1 Å². The number of anilines is 1. The molecule has 5 heteroatoms. The fraction of sp³-hybridized carbons (Fsp3) is 0.182. The number of benzene rings is 1. The van der Waals surface area contributed by atoms with E-state index in [1.54, 1.807) is 31.2 Å². The summed E-state index contributed by atoms with van der Waals surface area (Å²) >= 11 is 0. The molecule has 0 saturated carbocycles. The summed E-state index contributed by atoms with van der Waals surface area (Å²) < 4.78 is 0. The number of amides is 1. The third kappa shape index (κ3) is 1.56. The molecular formula is C11H10N2O3. The Morgan fingerprint density at radius 3 is 2.50 bits per heavy atom. The summed E-state index contributed by atoms with van der Waals surface area (Å²) in [6, 6.07) is 8.76. The van der Waals surface area contributed by atoms with Crippen molar-refractivity contribution in [3.63, 3.8) is 0 Å². The minimum absolute atomic E-state index is 0.307. The van der Waals surface area contributed by atoms with Gasteiger partial charge in [-0.25, -0.2) is 0 Å². The van der Waals surface area contributed by atoms with E-state index in [1.807, 2.05) is 6.07 Å². The third-order valence-electron chi connectivity index (χ3n) is 2.38. The first-order valence-corrected chi connectivity index (χ1v) is 4.78. The van der Waals surface area contributed by atoms with Gasteiger partial charge in [0.1, 0.15) is 0 Å². The fourth-order valence-electron chi connectivity index (χ4n) is 1.60. The molecule has 1 aliphatic rings. The summed E-state index contributed by atoms with van der Waals surface area (Å²) in [4.78, 5) is 22.7. The molecule has 0 radical (unpaired) electrons. The number of para-hydroxylation sites is 1. The average Bonchev–Trinajstić information content (AvgIpc) is 2.55. The monoisotopic (exact) mass is 218 g/mol. The van der Waals surface area contributed by atoms with Gasteiger partial charge in [0.15, 0.2) is 5.92 Å². The Bertz CT molecular complexity index is 467. The van der Waals surface area contributed by atoms with Crippen molar-refractivity contribution in [3.05, 3.63) is 30.3 Å². The molecule has 0 aromatic heterocycles. The lowest BCUT2D eigenvalue weighted by atomic mass is 10.1. The highest BCUT2D eigenvalue weighted by molar-refractivity contribution is 6.25. The molecule has 0 fully saturated rings. The largest absolute Gasteiger partial charge is 0.480 e. The average molecular weight is 218 g/mol. The Hall–Kier alpha value is -2.17. The van der Waals surface area contributed by atoms with Gasteiger partial charge in [0.25, 0.3) is 5.91 Å². The maximum absolute atomic E-state index is 11.8. The van der Waals surface area contributed by atoms with Gasteiger partial charge in [0.2, 0.25) is 0 Å². The lowest BCUT2D eigenvalue weighted by Gasteiger charge is -2.12. The number of hydrogen-bond acceptors (Lipinski definition) is 3. The van der Waals surface area contributed by atoms with Crippen molar-refractivity contribution in [3.8, 4) is 0 Å². The summed E-state index contributed by atoms with van der Waals surface area (Å²) in [5.41, 5.74) is 0.886. The van der Waals surface area contributed by atoms with Gasteiger partial charge in [-0.3, -0.25) is 9.59 Å². The first-order valence-electron chi connectivity index (χ1n) is 4.78. The molecule has 0 unspecified atom stereocenters. The number of hydrazone groups is 1. The summed E-state index contributed by atoms with van der Waals surface area (Å²) in [6.07, 6.45) is 0. The van der Waals surface area contributed by atoms with Gasteiger partial charge >= 0.3 is 5.97 Å². The van der Waals surface area contributed by atoms with Crippen LogP contribution >= 0.6 is 0 Å². The molecule has 0 aliphatic carbocycles. The Morgan fingerprint density at radius 2 is 2.00 bits per heavy atom. The zero-order chi connectivity index (χ0) is 11.7. The van der Waals surface area contributed by atoms with Crippen molar-refractivity contribution in [1.29, 1.82) is 0 Å². The second kappa shape index (κ2) is 3.77. The van der Waals surface area contributed by atoms with Gasteiger partial charge in [0.05, 0.1) is 11.4 Å². The van der Waals surface area contributed by atoms with Crippen molar-refractivity contribution >= 4 is 23.3 Å². The van der Waals surface area contributed by atoms with Crippen molar-refractivity contribution in [2.75, 3.05) is 5.01 Å². The first-order chi connectivity index (χ1) is 7.61. The van der Waals surface area contributed by atoms with Crippen molar-refractivity contribution < 1.29 is 14.7 Å². The summed E-state index contributed by atoms with van der Waals surface area (Å²) in [7, 11) is 0. The SMILES string of the molecule is CC1=NN(c2ccccc2)C(=O)[C@@H]1C(=O)O. The second-order valence-corrected chi connectivity index (χ2v) is 3.50. The molecule has 1 atom stereocenters. The van der Waals surface area contributed by atoms with Crippen LogP contribution in [0.2, 0.25) is 0 Å². The molecule has 1 amide bonds. The van der Waals surface area contributed by atoms with Crippen LogP contribution in [-0.4, -0.2) is 22.7 Å². The van der Waals surface area contributed by atoms with Crippen LogP contribution in [0.25, 0.3) is 0 Å². The van der Waals surface area contributed by atoms with Crippen LogP contribution in [0.1, 0.15) is 6.92 Å². The predicted octanol–water partition coefficient (Wildman–Crippen LogP) is 1.11. The van der Waals surface area contributed by atoms with Gasteiger partial charge in [-0.1, -0.05) is 18.2 Å². The Morgan fingerprint density at radius 1 is 1.38 bits per heavy atom. The van der Waals surface area contributed by atoms with Gasteiger partial charge in [-0.05, 0) is 19.1 Å². The predicted molar refractivity (Wildman–Crippen MR) is 58.2 cm³/mol. The van der Waals surface area contributed by atoms with Crippen molar-refractivity contribution in [1.82, 2.24) is 0 Å². The van der Waals surface area contributed by atoms with Gasteiger partial charge in [-0.15, -0.1) is 0 Å². The van der Waals surface area contributed by atoms with E-state index < -0.39 is 17.8 Å². The highest BCUT2D eigenvalue weighted by atomic mass is 16.4. The van der Waals surface area contributed by atoms with E-state index in [2.05, 4.69) is 5.10 Å². The zero-order valence-corrected chi connectivity index (χ0v) is 8.62. The molecule has 0 spiro atoms. The van der Waals surface area contributed by atoms with Crippen molar-refractivity contribution in [2.24, 2.45) is 11.0 Å². The van der Waals surface area contributed by atoms with Gasteiger partial charge in [0, 0.05) is 0 Å². The topological polar surface area (TPSA) is 70.0 Å². The zero-order valence-electron chi connectivity index (χ0n) is 8.62. The maximum atomic E-state index is 11.8. The minimum atomic E-state index is -1.16. The number of hydrogen-bond donors (Lipinski definition) is 1. The van der Waals surface area contributed by atoms with Crippen LogP contribution in [-0.2, 0) is 9.59 Å². The van der Waals surface area contributed by atoms with Crippen LogP contribution in [0.3, 0.4) is 0 Å². The summed E-state index contributed by atoms with van der Waals surface area (Å²) in [6.45, 7) is 1.54. The smallest absolute Gasteiger partial charge is 0.322 e. The molecule has 1 heterocycles. The number of rotatable bonds is 2. The third-order valence-corrected chi connectivity index (χ3v) is 2.38. The van der Waals surface area contributed by atoms with E-state index in [-0.39, 0.29) is 0 Å². The highest BCUT2D eigenvalue weighted by Gasteiger charge is 2.39. The minimum Gasteiger partial charge on any atom is -0.480 e. The fourth-order valence-corrected chi connectivity index (χ4v) is 1.60. The first kappa shape index (κ1) is 10.4. The molecule has 1 N–H and O–H groups in total. The summed E-state index contributed by atoms with van der Waals surface area (Å²) in [5.74, 6) is -2.83. The van der Waals surface area contributed by atoms with E-state index in [4.69, 9.17) is 5.11 Å². The molecule has 16 heavy (non-hydrogen) atoms. The van der Waals surface area contributed by atoms with E-state index in [1.165, 1.54) is 0 Å². The Balaban J connectivity index is 2.35.